The van der Waals surface area contributed by atoms with Gasteiger partial charge in [0.1, 0.15) is 0 Å². The Labute approximate surface area is 376 Å². The van der Waals surface area contributed by atoms with Crippen molar-refractivity contribution in [2.45, 2.75) is 6.92 Å². The van der Waals surface area contributed by atoms with Gasteiger partial charge in [0.25, 0.3) is 0 Å². The average Bonchev–Trinajstić information content (AvgIpc) is 4.07. The number of para-hydroxylation sites is 5. The van der Waals surface area contributed by atoms with E-state index < -0.39 is 0 Å². The fraction of sp³-hybridized carbons (Fsp3) is 0.0164. The minimum atomic E-state index is 1.13. The second kappa shape index (κ2) is 14.5. The second-order valence-electron chi connectivity index (χ2n) is 17.0. The van der Waals surface area contributed by atoms with E-state index in [1.54, 1.807) is 0 Å². The molecule has 65 heavy (non-hydrogen) atoms. The molecule has 0 N–H and O–H groups in total. The third kappa shape index (κ3) is 5.57. The highest BCUT2D eigenvalue weighted by molar-refractivity contribution is 6.13. The normalized spacial score (nSPS) is 12.1. The maximum atomic E-state index is 3.92. The first-order valence-corrected chi connectivity index (χ1v) is 22.3. The molecule has 0 bridgehead atoms. The Morgan fingerprint density at radius 3 is 1.06 bits per heavy atom. The monoisotopic (exact) mass is 830 g/mol. The molecule has 13 rings (SSSR count). The smallest absolute Gasteiger partial charge is 0.0561 e. The summed E-state index contributed by atoms with van der Waals surface area (Å²) in [5.74, 6) is 0. The van der Waals surface area contributed by atoms with Crippen LogP contribution in [-0.2, 0) is 0 Å². The predicted molar refractivity (Wildman–Crippen MR) is 276 cm³/mol. The van der Waals surface area contributed by atoms with Crippen LogP contribution in [0.4, 0.5) is 0 Å². The van der Waals surface area contributed by atoms with Crippen LogP contribution in [0.2, 0.25) is 0 Å². The van der Waals surface area contributed by atoms with Gasteiger partial charge in [-0.15, -0.1) is 0 Å². The number of aromatic nitrogens is 4. The van der Waals surface area contributed by atoms with E-state index >= 15 is 0 Å². The van der Waals surface area contributed by atoms with Gasteiger partial charge < -0.3 is 18.3 Å². The van der Waals surface area contributed by atoms with Crippen LogP contribution in [0, 0.1) is 6.92 Å². The Balaban J connectivity index is 0.894. The van der Waals surface area contributed by atoms with Gasteiger partial charge >= 0.3 is 0 Å². The average molecular weight is 831 g/mol. The summed E-state index contributed by atoms with van der Waals surface area (Å²) in [6, 6.07) is 75.5. The van der Waals surface area contributed by atoms with Crippen molar-refractivity contribution >= 4 is 82.4 Å². The van der Waals surface area contributed by atoms with Crippen molar-refractivity contribution in [2.75, 3.05) is 0 Å². The van der Waals surface area contributed by atoms with Gasteiger partial charge in [-0.3, -0.25) is 0 Å². The van der Waals surface area contributed by atoms with Crippen LogP contribution < -0.4 is 0 Å². The molecule has 0 saturated heterocycles. The lowest BCUT2D eigenvalue weighted by molar-refractivity contribution is 1.05. The summed E-state index contributed by atoms with van der Waals surface area (Å²) < 4.78 is 9.62. The second-order valence-corrected chi connectivity index (χ2v) is 17.0. The number of nitrogens with zero attached hydrogens (tertiary/aromatic N) is 4. The molecule has 306 valence electrons. The molecule has 4 heteroatoms. The maximum Gasteiger partial charge on any atom is 0.0561 e. The number of benzene rings is 9. The molecule has 0 unspecified atom stereocenters. The lowest BCUT2D eigenvalue weighted by Crippen LogP contribution is -1.99. The van der Waals surface area contributed by atoms with Gasteiger partial charge in [-0.25, -0.2) is 0 Å². The van der Waals surface area contributed by atoms with E-state index in [1.165, 1.54) is 98.7 Å². The van der Waals surface area contributed by atoms with Crippen molar-refractivity contribution in [3.8, 4) is 33.9 Å². The Hall–Kier alpha value is -8.60. The number of fused-ring (bicyclic) bond motifs is 10. The van der Waals surface area contributed by atoms with Gasteiger partial charge in [0, 0.05) is 71.7 Å². The molecule has 0 atom stereocenters. The van der Waals surface area contributed by atoms with E-state index in [0.29, 0.717) is 0 Å². The van der Waals surface area contributed by atoms with Crippen LogP contribution in [0.15, 0.2) is 225 Å². The van der Waals surface area contributed by atoms with Crippen molar-refractivity contribution < 1.29 is 0 Å². The molecule has 0 aliphatic heterocycles. The summed E-state index contributed by atoms with van der Waals surface area (Å²) in [4.78, 5) is 0. The molecular weight excluding hydrogens is 789 g/mol. The van der Waals surface area contributed by atoms with Gasteiger partial charge in [-0.05, 0) is 96.9 Å². The van der Waals surface area contributed by atoms with Crippen LogP contribution in [0.1, 0.15) is 11.3 Å². The lowest BCUT2D eigenvalue weighted by Gasteiger charge is -2.13. The SMILES string of the molecule is C=C/C=C\c1c(C)n(-c2ccc3c4ccccc4n(-c4ccc(-c5ccc(-n6c7ccccc7c7ccc(-n8c9ccccc9c9ccccc98)cc76)cc5)cc4)c3c2)c2ccccc12. The van der Waals surface area contributed by atoms with Crippen molar-refractivity contribution in [1.29, 1.82) is 0 Å². The van der Waals surface area contributed by atoms with E-state index in [1.807, 2.05) is 12.2 Å². The summed E-state index contributed by atoms with van der Waals surface area (Å²) in [7, 11) is 0. The third-order valence-electron chi connectivity index (χ3n) is 13.6. The fourth-order valence-electron chi connectivity index (χ4n) is 10.7. The van der Waals surface area contributed by atoms with E-state index in [2.05, 4.69) is 244 Å². The Bertz CT molecular complexity index is 4020. The molecule has 13 aromatic rings. The van der Waals surface area contributed by atoms with Crippen LogP contribution in [-0.4, -0.2) is 18.3 Å². The quantitative estimate of drug-likeness (QED) is 0.143. The molecule has 0 radical (unpaired) electrons. The fourth-order valence-corrected chi connectivity index (χ4v) is 10.7. The highest BCUT2D eigenvalue weighted by Crippen LogP contribution is 2.39. The maximum absolute atomic E-state index is 3.92. The van der Waals surface area contributed by atoms with Gasteiger partial charge in [0.15, 0.2) is 0 Å². The first-order valence-electron chi connectivity index (χ1n) is 22.3. The summed E-state index contributed by atoms with van der Waals surface area (Å²) in [5, 5.41) is 8.72. The molecule has 9 aromatic carbocycles. The molecule has 0 fully saturated rings. The Morgan fingerprint density at radius 2 is 0.646 bits per heavy atom. The van der Waals surface area contributed by atoms with Crippen molar-refractivity contribution in [2.24, 2.45) is 0 Å². The molecule has 0 aliphatic rings. The standard InChI is InChI=1S/C61H42N4/c1-3-4-15-47-40(2)62(55-21-10-5-16-48(47)55)45-34-36-53-51-19-8-11-22-56(51)63(60(53)38-45)43-30-26-41(27-31-43)42-28-32-44(33-29-42)64-57-23-12-9-20-52(57)54-37-35-46(39-61(54)64)65-58-24-13-6-17-49(58)50-18-7-14-25-59(50)65/h3-39H,1H2,2H3/b15-4-. The highest BCUT2D eigenvalue weighted by atomic mass is 15.0. The highest BCUT2D eigenvalue weighted by Gasteiger charge is 2.19. The summed E-state index contributed by atoms with van der Waals surface area (Å²) >= 11 is 0. The minimum absolute atomic E-state index is 1.13. The largest absolute Gasteiger partial charge is 0.313 e. The molecule has 4 nitrogen and oxygen atoms in total. The van der Waals surface area contributed by atoms with Gasteiger partial charge in [0.05, 0.1) is 38.6 Å². The van der Waals surface area contributed by atoms with Crippen molar-refractivity contribution in [3.63, 3.8) is 0 Å². The number of allylic oxidation sites excluding steroid dienone is 2. The molecule has 0 aliphatic carbocycles. The molecular formula is C61H42N4. The minimum Gasteiger partial charge on any atom is -0.313 e. The van der Waals surface area contributed by atoms with Crippen LogP contribution in [0.3, 0.4) is 0 Å². The van der Waals surface area contributed by atoms with Crippen LogP contribution >= 0.6 is 0 Å². The third-order valence-corrected chi connectivity index (χ3v) is 13.6. The zero-order valence-electron chi connectivity index (χ0n) is 35.9. The molecule has 0 spiro atoms. The van der Waals surface area contributed by atoms with E-state index in [0.717, 1.165) is 22.7 Å². The summed E-state index contributed by atoms with van der Waals surface area (Å²) in [6.07, 6.45) is 6.03. The predicted octanol–water partition coefficient (Wildman–Crippen LogP) is 16.1. The number of hydrogen-bond acceptors (Lipinski definition) is 0. The Kier molecular flexibility index (Phi) is 8.24. The van der Waals surface area contributed by atoms with E-state index in [4.69, 9.17) is 0 Å². The van der Waals surface area contributed by atoms with Crippen LogP contribution in [0.5, 0.6) is 0 Å². The molecule has 4 heterocycles. The Morgan fingerprint density at radius 1 is 0.323 bits per heavy atom. The first kappa shape index (κ1) is 37.0. The first-order chi connectivity index (χ1) is 32.1. The van der Waals surface area contributed by atoms with Gasteiger partial charge in [-0.2, -0.15) is 0 Å². The lowest BCUT2D eigenvalue weighted by atomic mass is 10.0. The molecule has 0 amide bonds. The van der Waals surface area contributed by atoms with E-state index in [-0.39, 0.29) is 0 Å². The van der Waals surface area contributed by atoms with E-state index in [9.17, 15) is 0 Å². The molecule has 4 aromatic heterocycles. The van der Waals surface area contributed by atoms with Crippen molar-refractivity contribution in [3.05, 3.63) is 236 Å². The number of rotatable bonds is 7. The van der Waals surface area contributed by atoms with Gasteiger partial charge in [0.2, 0.25) is 0 Å². The topological polar surface area (TPSA) is 19.7 Å². The van der Waals surface area contributed by atoms with Gasteiger partial charge in [-0.1, -0.05) is 152 Å². The number of hydrogen-bond donors (Lipinski definition) is 0. The zero-order chi connectivity index (χ0) is 43.2. The van der Waals surface area contributed by atoms with Crippen LogP contribution in [0.25, 0.3) is 116 Å². The summed E-state index contributed by atoms with van der Waals surface area (Å²) in [6.45, 7) is 6.13. The summed E-state index contributed by atoms with van der Waals surface area (Å²) in [5.41, 5.74) is 17.6. The van der Waals surface area contributed by atoms with Crippen molar-refractivity contribution in [1.82, 2.24) is 18.3 Å². The zero-order valence-corrected chi connectivity index (χ0v) is 35.9. The molecule has 0 saturated carbocycles.